The van der Waals surface area contributed by atoms with Crippen LogP contribution in [0.1, 0.15) is 33.1 Å². The quantitative estimate of drug-likeness (QED) is 0.723. The summed E-state index contributed by atoms with van der Waals surface area (Å²) in [4.78, 5) is 11.3. The fraction of sp³-hybridized carbons (Fsp3) is 0.917. The van der Waals surface area contributed by atoms with E-state index < -0.39 is 0 Å². The summed E-state index contributed by atoms with van der Waals surface area (Å²) in [6.45, 7) is 5.68. The van der Waals surface area contributed by atoms with Crippen molar-refractivity contribution in [1.29, 1.82) is 0 Å². The Kier molecular flexibility index (Phi) is 5.77. The molecule has 16 heavy (non-hydrogen) atoms. The van der Waals surface area contributed by atoms with E-state index in [0.717, 1.165) is 32.5 Å². The molecule has 0 amide bonds. The second-order valence-electron chi connectivity index (χ2n) is 4.64. The van der Waals surface area contributed by atoms with Gasteiger partial charge in [0.25, 0.3) is 0 Å². The van der Waals surface area contributed by atoms with E-state index in [4.69, 9.17) is 9.47 Å². The Balaban J connectivity index is 2.23. The molecule has 4 heteroatoms. The molecular weight excluding hydrogens is 206 g/mol. The highest BCUT2D eigenvalue weighted by atomic mass is 16.5. The molecule has 0 aliphatic carbocycles. The number of esters is 1. The van der Waals surface area contributed by atoms with Crippen LogP contribution in [0.25, 0.3) is 0 Å². The van der Waals surface area contributed by atoms with Gasteiger partial charge in [-0.3, -0.25) is 4.79 Å². The zero-order valence-corrected chi connectivity index (χ0v) is 10.5. The Hall–Kier alpha value is -0.610. The average Bonchev–Trinajstić information content (AvgIpc) is 2.29. The molecule has 4 nitrogen and oxygen atoms in total. The first-order chi connectivity index (χ1) is 7.63. The lowest BCUT2D eigenvalue weighted by Crippen LogP contribution is -2.42. The minimum Gasteiger partial charge on any atom is -0.469 e. The van der Waals surface area contributed by atoms with Crippen LogP contribution in [0.4, 0.5) is 0 Å². The van der Waals surface area contributed by atoms with E-state index in [9.17, 15) is 4.79 Å². The van der Waals surface area contributed by atoms with Crippen molar-refractivity contribution < 1.29 is 14.3 Å². The van der Waals surface area contributed by atoms with Crippen molar-refractivity contribution in [3.63, 3.8) is 0 Å². The summed E-state index contributed by atoms with van der Waals surface area (Å²) >= 11 is 0. The Labute approximate surface area is 97.7 Å². The first-order valence-electron chi connectivity index (χ1n) is 6.05. The molecule has 1 saturated heterocycles. The maximum atomic E-state index is 11.3. The van der Waals surface area contributed by atoms with Crippen LogP contribution in [0.3, 0.4) is 0 Å². The van der Waals surface area contributed by atoms with Gasteiger partial charge in [-0.2, -0.15) is 0 Å². The van der Waals surface area contributed by atoms with Crippen LogP contribution in [0.15, 0.2) is 0 Å². The van der Waals surface area contributed by atoms with E-state index in [2.05, 4.69) is 12.2 Å². The van der Waals surface area contributed by atoms with Gasteiger partial charge in [-0.15, -0.1) is 0 Å². The molecule has 0 aromatic carbocycles. The maximum Gasteiger partial charge on any atom is 0.308 e. The summed E-state index contributed by atoms with van der Waals surface area (Å²) in [6, 6.07) is 0.759. The van der Waals surface area contributed by atoms with Crippen molar-refractivity contribution in [3.05, 3.63) is 0 Å². The number of carbonyl (C=O) groups excluding carboxylic acids is 1. The predicted octanol–water partition coefficient (Wildman–Crippen LogP) is 1.34. The number of methoxy groups -OCH3 is 1. The van der Waals surface area contributed by atoms with Gasteiger partial charge in [0.15, 0.2) is 0 Å². The molecule has 0 bridgehead atoms. The molecule has 1 heterocycles. The third-order valence-corrected chi connectivity index (χ3v) is 2.99. The molecule has 0 spiro atoms. The molecule has 1 aliphatic heterocycles. The van der Waals surface area contributed by atoms with Crippen molar-refractivity contribution >= 4 is 5.97 Å². The first kappa shape index (κ1) is 13.5. The molecule has 94 valence electrons. The van der Waals surface area contributed by atoms with Crippen LogP contribution < -0.4 is 5.32 Å². The van der Waals surface area contributed by atoms with Crippen molar-refractivity contribution in [2.75, 3.05) is 20.3 Å². The van der Waals surface area contributed by atoms with E-state index in [-0.39, 0.29) is 11.9 Å². The van der Waals surface area contributed by atoms with Crippen molar-refractivity contribution in [3.8, 4) is 0 Å². The van der Waals surface area contributed by atoms with E-state index >= 15 is 0 Å². The largest absolute Gasteiger partial charge is 0.469 e. The Morgan fingerprint density at radius 2 is 2.31 bits per heavy atom. The van der Waals surface area contributed by atoms with Gasteiger partial charge in [-0.05, 0) is 26.2 Å². The third kappa shape index (κ3) is 4.49. The predicted molar refractivity (Wildman–Crippen MR) is 62.2 cm³/mol. The normalized spacial score (nSPS) is 24.8. The molecule has 0 aromatic heterocycles. The fourth-order valence-electron chi connectivity index (χ4n) is 2.17. The third-order valence-electron chi connectivity index (χ3n) is 2.99. The molecule has 3 atom stereocenters. The average molecular weight is 229 g/mol. The van der Waals surface area contributed by atoms with Gasteiger partial charge in [0, 0.05) is 18.7 Å². The zero-order chi connectivity index (χ0) is 12.0. The highest BCUT2D eigenvalue weighted by molar-refractivity contribution is 5.71. The molecule has 0 saturated carbocycles. The van der Waals surface area contributed by atoms with Gasteiger partial charge in [0.2, 0.25) is 0 Å². The number of rotatable bonds is 5. The summed E-state index contributed by atoms with van der Waals surface area (Å²) in [6.07, 6.45) is 3.09. The Morgan fingerprint density at radius 1 is 1.56 bits per heavy atom. The standard InChI is InChI=1S/C12H23NO3/c1-9(12(14)15-3)7-10(2)13-11-5-4-6-16-8-11/h9-11,13H,4-8H2,1-3H3. The Morgan fingerprint density at radius 3 is 2.88 bits per heavy atom. The topological polar surface area (TPSA) is 47.6 Å². The summed E-state index contributed by atoms with van der Waals surface area (Å²) in [5.41, 5.74) is 0. The molecule has 0 radical (unpaired) electrons. The smallest absolute Gasteiger partial charge is 0.308 e. The van der Waals surface area contributed by atoms with Crippen molar-refractivity contribution in [2.24, 2.45) is 5.92 Å². The molecule has 3 unspecified atom stereocenters. The van der Waals surface area contributed by atoms with E-state index in [1.807, 2.05) is 6.92 Å². The highest BCUT2D eigenvalue weighted by Crippen LogP contribution is 2.11. The molecule has 1 fully saturated rings. The zero-order valence-electron chi connectivity index (χ0n) is 10.5. The summed E-state index contributed by atoms with van der Waals surface area (Å²) in [5, 5.41) is 3.50. The Bertz CT molecular complexity index is 214. The minimum absolute atomic E-state index is 0.0444. The van der Waals surface area contributed by atoms with Gasteiger partial charge < -0.3 is 14.8 Å². The van der Waals surface area contributed by atoms with Crippen LogP contribution in [-0.4, -0.2) is 38.4 Å². The van der Waals surface area contributed by atoms with Crippen LogP contribution in [0.2, 0.25) is 0 Å². The lowest BCUT2D eigenvalue weighted by molar-refractivity contribution is -0.145. The van der Waals surface area contributed by atoms with E-state index in [1.165, 1.54) is 7.11 Å². The van der Waals surface area contributed by atoms with E-state index in [0.29, 0.717) is 12.1 Å². The summed E-state index contributed by atoms with van der Waals surface area (Å²) in [5.74, 6) is -0.175. The fourth-order valence-corrected chi connectivity index (χ4v) is 2.17. The van der Waals surface area contributed by atoms with Crippen LogP contribution in [0, 0.1) is 5.92 Å². The minimum atomic E-state index is -0.131. The van der Waals surface area contributed by atoms with E-state index in [1.54, 1.807) is 0 Å². The first-order valence-corrected chi connectivity index (χ1v) is 6.05. The SMILES string of the molecule is COC(=O)C(C)CC(C)NC1CCCOC1. The molecular formula is C12H23NO3. The molecule has 0 aromatic rings. The number of carbonyl (C=O) groups is 1. The van der Waals surface area contributed by atoms with Crippen LogP contribution in [0.5, 0.6) is 0 Å². The lowest BCUT2D eigenvalue weighted by Gasteiger charge is -2.27. The van der Waals surface area contributed by atoms with Gasteiger partial charge in [0.05, 0.1) is 19.6 Å². The van der Waals surface area contributed by atoms with Crippen molar-refractivity contribution in [1.82, 2.24) is 5.32 Å². The van der Waals surface area contributed by atoms with Gasteiger partial charge in [-0.1, -0.05) is 6.92 Å². The summed E-state index contributed by atoms with van der Waals surface area (Å²) < 4.78 is 10.1. The number of hydrogen-bond acceptors (Lipinski definition) is 4. The molecule has 1 rings (SSSR count). The van der Waals surface area contributed by atoms with Crippen molar-refractivity contribution in [2.45, 2.75) is 45.2 Å². The maximum absolute atomic E-state index is 11.3. The molecule has 1 aliphatic rings. The number of ether oxygens (including phenoxy) is 2. The number of nitrogens with one attached hydrogen (secondary N) is 1. The van der Waals surface area contributed by atoms with Crippen LogP contribution >= 0.6 is 0 Å². The van der Waals surface area contributed by atoms with Gasteiger partial charge in [0.1, 0.15) is 0 Å². The second kappa shape index (κ2) is 6.86. The molecule has 1 N–H and O–H groups in total. The summed E-state index contributed by atoms with van der Waals surface area (Å²) in [7, 11) is 1.44. The highest BCUT2D eigenvalue weighted by Gasteiger charge is 2.20. The monoisotopic (exact) mass is 229 g/mol. The second-order valence-corrected chi connectivity index (χ2v) is 4.64. The number of hydrogen-bond donors (Lipinski definition) is 1. The van der Waals surface area contributed by atoms with Gasteiger partial charge in [-0.25, -0.2) is 0 Å². The van der Waals surface area contributed by atoms with Gasteiger partial charge >= 0.3 is 5.97 Å². The van der Waals surface area contributed by atoms with Crippen LogP contribution in [-0.2, 0) is 14.3 Å². The lowest BCUT2D eigenvalue weighted by atomic mass is 10.0.